The van der Waals surface area contributed by atoms with E-state index < -0.39 is 11.9 Å². The van der Waals surface area contributed by atoms with Crippen molar-refractivity contribution in [2.45, 2.75) is 4.90 Å². The number of fused-ring (bicyclic) bond motifs is 1. The third kappa shape index (κ3) is 1.42. The van der Waals surface area contributed by atoms with E-state index in [1.165, 1.54) is 11.8 Å². The number of aliphatic carboxylic acids is 1. The Morgan fingerprint density at radius 3 is 2.86 bits per heavy atom. The summed E-state index contributed by atoms with van der Waals surface area (Å²) in [5.74, 6) is -1.84. The van der Waals surface area contributed by atoms with E-state index >= 15 is 0 Å². The Labute approximate surface area is 85.1 Å². The number of Topliss-reactive ketones (excluding diaryl/α,β-unsaturated/α-hetero) is 1. The van der Waals surface area contributed by atoms with Crippen LogP contribution < -0.4 is 0 Å². The molecule has 0 saturated heterocycles. The minimum atomic E-state index is -1.03. The van der Waals surface area contributed by atoms with Gasteiger partial charge in [-0.2, -0.15) is 0 Å². The lowest BCUT2D eigenvalue weighted by atomic mass is 9.99. The van der Waals surface area contributed by atoms with Gasteiger partial charge in [0, 0.05) is 16.2 Å². The molecule has 72 valence electrons. The number of rotatable bonds is 1. The van der Waals surface area contributed by atoms with Crippen molar-refractivity contribution in [2.75, 3.05) is 5.75 Å². The van der Waals surface area contributed by atoms with E-state index in [-0.39, 0.29) is 5.78 Å². The van der Waals surface area contributed by atoms with Crippen molar-refractivity contribution in [1.82, 2.24) is 0 Å². The Balaban J connectivity index is 2.41. The smallest absolute Gasteiger partial charge is 0.315 e. The zero-order valence-corrected chi connectivity index (χ0v) is 8.08. The molecular formula is C10H8O3S. The molecule has 1 atom stereocenters. The SMILES string of the molecule is O=C(O)C1CSc2ccccc2C1=O. The van der Waals surface area contributed by atoms with Gasteiger partial charge in [0.05, 0.1) is 0 Å². The number of carboxylic acid groups (broad SMARTS) is 1. The molecular weight excluding hydrogens is 200 g/mol. The van der Waals surface area contributed by atoms with Gasteiger partial charge in [-0.05, 0) is 6.07 Å². The van der Waals surface area contributed by atoms with E-state index in [0.717, 1.165) is 4.90 Å². The maximum atomic E-state index is 11.7. The van der Waals surface area contributed by atoms with Crippen LogP contribution in [0.15, 0.2) is 29.2 Å². The molecule has 1 N–H and O–H groups in total. The van der Waals surface area contributed by atoms with Crippen molar-refractivity contribution in [3.8, 4) is 0 Å². The number of ketones is 1. The van der Waals surface area contributed by atoms with Crippen LogP contribution in [-0.4, -0.2) is 22.6 Å². The number of benzene rings is 1. The van der Waals surface area contributed by atoms with Crippen LogP contribution >= 0.6 is 11.8 Å². The predicted molar refractivity (Wildman–Crippen MR) is 52.6 cm³/mol. The Morgan fingerprint density at radius 2 is 2.14 bits per heavy atom. The van der Waals surface area contributed by atoms with Gasteiger partial charge in [0.15, 0.2) is 5.78 Å². The van der Waals surface area contributed by atoms with E-state index in [9.17, 15) is 9.59 Å². The molecule has 1 aromatic rings. The van der Waals surface area contributed by atoms with Crippen LogP contribution in [0.3, 0.4) is 0 Å². The Kier molecular flexibility index (Phi) is 2.29. The fourth-order valence-corrected chi connectivity index (χ4v) is 2.56. The highest BCUT2D eigenvalue weighted by Crippen LogP contribution is 2.32. The average molecular weight is 208 g/mol. The van der Waals surface area contributed by atoms with Gasteiger partial charge in [-0.3, -0.25) is 9.59 Å². The highest BCUT2D eigenvalue weighted by molar-refractivity contribution is 7.99. The molecule has 0 saturated carbocycles. The minimum absolute atomic E-state index is 0.271. The fraction of sp³-hybridized carbons (Fsp3) is 0.200. The number of thioether (sulfide) groups is 1. The molecule has 0 aromatic heterocycles. The molecule has 0 aliphatic carbocycles. The van der Waals surface area contributed by atoms with Gasteiger partial charge in [-0.25, -0.2) is 0 Å². The van der Waals surface area contributed by atoms with Crippen molar-refractivity contribution >= 4 is 23.5 Å². The third-order valence-electron chi connectivity index (χ3n) is 2.17. The summed E-state index contributed by atoms with van der Waals surface area (Å²) < 4.78 is 0. The topological polar surface area (TPSA) is 54.4 Å². The first-order chi connectivity index (χ1) is 6.70. The lowest BCUT2D eigenvalue weighted by Crippen LogP contribution is -2.29. The van der Waals surface area contributed by atoms with Gasteiger partial charge in [0.25, 0.3) is 0 Å². The Hall–Kier alpha value is -1.29. The molecule has 2 rings (SSSR count). The summed E-state index contributed by atoms with van der Waals surface area (Å²) >= 11 is 1.43. The summed E-state index contributed by atoms with van der Waals surface area (Å²) in [7, 11) is 0. The Bertz CT molecular complexity index is 400. The molecule has 0 amide bonds. The number of hydrogen-bond acceptors (Lipinski definition) is 3. The lowest BCUT2D eigenvalue weighted by molar-refractivity contribution is -0.139. The van der Waals surface area contributed by atoms with E-state index in [0.29, 0.717) is 11.3 Å². The lowest BCUT2D eigenvalue weighted by Gasteiger charge is -2.19. The van der Waals surface area contributed by atoms with Crippen molar-refractivity contribution in [3.05, 3.63) is 29.8 Å². The van der Waals surface area contributed by atoms with Crippen molar-refractivity contribution < 1.29 is 14.7 Å². The van der Waals surface area contributed by atoms with Gasteiger partial charge in [0.1, 0.15) is 5.92 Å². The predicted octanol–water partition coefficient (Wildman–Crippen LogP) is 1.68. The average Bonchev–Trinajstić information content (AvgIpc) is 2.18. The van der Waals surface area contributed by atoms with Gasteiger partial charge < -0.3 is 5.11 Å². The molecule has 1 heterocycles. The molecule has 0 fully saturated rings. The van der Waals surface area contributed by atoms with E-state index in [1.807, 2.05) is 12.1 Å². The number of carbonyl (C=O) groups is 2. The van der Waals surface area contributed by atoms with Crippen LogP contribution in [-0.2, 0) is 4.79 Å². The largest absolute Gasteiger partial charge is 0.481 e. The second-order valence-corrected chi connectivity index (χ2v) is 4.12. The zero-order valence-electron chi connectivity index (χ0n) is 7.27. The van der Waals surface area contributed by atoms with Gasteiger partial charge in [0.2, 0.25) is 0 Å². The van der Waals surface area contributed by atoms with Crippen LogP contribution in [0.2, 0.25) is 0 Å². The van der Waals surface area contributed by atoms with Gasteiger partial charge in [-0.15, -0.1) is 11.8 Å². The molecule has 3 nitrogen and oxygen atoms in total. The molecule has 1 aliphatic rings. The summed E-state index contributed by atoms with van der Waals surface area (Å²) in [5, 5.41) is 8.80. The second kappa shape index (κ2) is 3.46. The van der Waals surface area contributed by atoms with Crippen LogP contribution in [0, 0.1) is 5.92 Å². The van der Waals surface area contributed by atoms with Crippen molar-refractivity contribution in [1.29, 1.82) is 0 Å². The van der Waals surface area contributed by atoms with E-state index in [4.69, 9.17) is 5.11 Å². The standard InChI is InChI=1S/C10H8O3S/c11-9-6-3-1-2-4-8(6)14-5-7(9)10(12)13/h1-4,7H,5H2,(H,12,13). The summed E-state index contributed by atoms with van der Waals surface area (Å²) in [6.07, 6.45) is 0. The monoisotopic (exact) mass is 208 g/mol. The summed E-state index contributed by atoms with van der Waals surface area (Å²) in [6, 6.07) is 7.12. The molecule has 0 bridgehead atoms. The van der Waals surface area contributed by atoms with Gasteiger partial charge >= 0.3 is 5.97 Å². The van der Waals surface area contributed by atoms with Gasteiger partial charge in [-0.1, -0.05) is 18.2 Å². The molecule has 1 unspecified atom stereocenters. The number of carboxylic acids is 1. The molecule has 4 heteroatoms. The Morgan fingerprint density at radius 1 is 1.43 bits per heavy atom. The maximum absolute atomic E-state index is 11.7. The van der Waals surface area contributed by atoms with Crippen molar-refractivity contribution in [2.24, 2.45) is 5.92 Å². The third-order valence-corrected chi connectivity index (χ3v) is 3.34. The van der Waals surface area contributed by atoms with Crippen LogP contribution in [0.4, 0.5) is 0 Å². The first kappa shape index (κ1) is 9.27. The molecule has 0 radical (unpaired) electrons. The molecule has 1 aliphatic heterocycles. The zero-order chi connectivity index (χ0) is 10.1. The molecule has 14 heavy (non-hydrogen) atoms. The normalized spacial score (nSPS) is 20.3. The van der Waals surface area contributed by atoms with E-state index in [1.54, 1.807) is 12.1 Å². The van der Waals surface area contributed by atoms with Crippen molar-refractivity contribution in [3.63, 3.8) is 0 Å². The highest BCUT2D eigenvalue weighted by atomic mass is 32.2. The highest BCUT2D eigenvalue weighted by Gasteiger charge is 2.32. The quantitative estimate of drug-likeness (QED) is 0.713. The minimum Gasteiger partial charge on any atom is -0.481 e. The summed E-state index contributed by atoms with van der Waals surface area (Å²) in [4.78, 5) is 23.3. The van der Waals surface area contributed by atoms with E-state index in [2.05, 4.69) is 0 Å². The maximum Gasteiger partial charge on any atom is 0.315 e. The number of hydrogen-bond donors (Lipinski definition) is 1. The molecule has 1 aromatic carbocycles. The fourth-order valence-electron chi connectivity index (χ4n) is 1.42. The van der Waals surface area contributed by atoms with Crippen LogP contribution in [0.5, 0.6) is 0 Å². The summed E-state index contributed by atoms with van der Waals surface area (Å²) in [6.45, 7) is 0. The first-order valence-corrected chi connectivity index (χ1v) is 5.17. The molecule has 0 spiro atoms. The summed E-state index contributed by atoms with van der Waals surface area (Å²) in [5.41, 5.74) is 0.538. The second-order valence-electron chi connectivity index (χ2n) is 3.06. The van der Waals surface area contributed by atoms with Crippen LogP contribution in [0.25, 0.3) is 0 Å². The number of carbonyl (C=O) groups excluding carboxylic acids is 1. The first-order valence-electron chi connectivity index (χ1n) is 4.19. The van der Waals surface area contributed by atoms with Crippen LogP contribution in [0.1, 0.15) is 10.4 Å².